The van der Waals surface area contributed by atoms with E-state index in [1.165, 1.54) is 30.7 Å². The number of methoxy groups -OCH3 is 2. The highest BCUT2D eigenvalue weighted by Gasteiger charge is 2.34. The fraction of sp³-hybridized carbons (Fsp3) is 0.269. The average Bonchev–Trinajstić information content (AvgIpc) is 2.90. The van der Waals surface area contributed by atoms with Crippen molar-refractivity contribution < 1.29 is 22.7 Å². The maximum Gasteiger partial charge on any atom is 0.243 e. The Morgan fingerprint density at radius 2 is 1.69 bits per heavy atom. The minimum absolute atomic E-state index is 0.112. The molecule has 0 saturated carbocycles. The summed E-state index contributed by atoms with van der Waals surface area (Å²) in [7, 11) is -0.836. The van der Waals surface area contributed by atoms with Crippen molar-refractivity contribution in [2.75, 3.05) is 32.6 Å². The highest BCUT2D eigenvalue weighted by atomic mass is 32.2. The Balaban J connectivity index is 1.48. The van der Waals surface area contributed by atoms with Gasteiger partial charge in [0.15, 0.2) is 11.5 Å². The molecule has 1 atom stereocenters. The molecule has 3 aromatic rings. The monoisotopic (exact) mass is 512 g/mol. The van der Waals surface area contributed by atoms with Gasteiger partial charge in [-0.05, 0) is 49.2 Å². The van der Waals surface area contributed by atoms with E-state index in [2.05, 4.69) is 5.32 Å². The lowest BCUT2D eigenvalue weighted by molar-refractivity contribution is -0.120. The Kier molecular flexibility index (Phi) is 8.00. The Hall–Kier alpha value is -3.01. The first-order valence-corrected chi connectivity index (χ1v) is 13.5. The van der Waals surface area contributed by atoms with Crippen LogP contribution < -0.4 is 14.8 Å². The van der Waals surface area contributed by atoms with Crippen LogP contribution >= 0.6 is 11.8 Å². The lowest BCUT2D eigenvalue weighted by Crippen LogP contribution is -2.43. The average molecular weight is 513 g/mol. The number of ether oxygens (including phenoxy) is 2. The zero-order valence-electron chi connectivity index (χ0n) is 19.6. The van der Waals surface area contributed by atoms with Crippen LogP contribution in [0.1, 0.15) is 12.8 Å². The summed E-state index contributed by atoms with van der Waals surface area (Å²) in [4.78, 5) is 15.3. The SMILES string of the molecule is COc1ccc(S(=O)(=O)N2CCC[C@H](C(=O)Nc3ccccc3Sc3ccccc3)C2)cc1OC. The van der Waals surface area contributed by atoms with Crippen molar-refractivity contribution in [2.45, 2.75) is 27.5 Å². The van der Waals surface area contributed by atoms with E-state index in [1.54, 1.807) is 17.8 Å². The number of nitrogens with one attached hydrogen (secondary N) is 1. The van der Waals surface area contributed by atoms with Gasteiger partial charge in [0.25, 0.3) is 0 Å². The molecule has 3 aromatic carbocycles. The number of piperidine rings is 1. The van der Waals surface area contributed by atoms with Gasteiger partial charge in [0.05, 0.1) is 30.7 Å². The molecule has 9 heteroatoms. The number of rotatable bonds is 8. The second-order valence-electron chi connectivity index (χ2n) is 8.12. The topological polar surface area (TPSA) is 84.9 Å². The van der Waals surface area contributed by atoms with Crippen LogP contribution in [0.5, 0.6) is 11.5 Å². The summed E-state index contributed by atoms with van der Waals surface area (Å²) in [5.41, 5.74) is 0.714. The summed E-state index contributed by atoms with van der Waals surface area (Å²) in [5.74, 6) is 0.161. The highest BCUT2D eigenvalue weighted by Crippen LogP contribution is 2.35. The van der Waals surface area contributed by atoms with Gasteiger partial charge >= 0.3 is 0 Å². The van der Waals surface area contributed by atoms with Crippen LogP contribution in [0.3, 0.4) is 0 Å². The van der Waals surface area contributed by atoms with Gasteiger partial charge in [-0.3, -0.25) is 4.79 Å². The van der Waals surface area contributed by atoms with Crippen LogP contribution in [0, 0.1) is 5.92 Å². The Labute approximate surface area is 210 Å². The van der Waals surface area contributed by atoms with E-state index in [9.17, 15) is 13.2 Å². The molecule has 184 valence electrons. The van der Waals surface area contributed by atoms with Gasteiger partial charge in [-0.1, -0.05) is 42.1 Å². The van der Waals surface area contributed by atoms with Gasteiger partial charge in [-0.15, -0.1) is 0 Å². The number of carbonyl (C=O) groups excluding carboxylic acids is 1. The molecule has 0 spiro atoms. The molecule has 1 saturated heterocycles. The minimum Gasteiger partial charge on any atom is -0.493 e. The largest absolute Gasteiger partial charge is 0.493 e. The quantitative estimate of drug-likeness (QED) is 0.462. The standard InChI is InChI=1S/C26H28N2O5S2/c1-32-23-15-14-21(17-24(23)33-2)35(30,31)28-16-8-9-19(18-28)26(29)27-22-12-6-7-13-25(22)34-20-10-4-3-5-11-20/h3-7,10-15,17,19H,8-9,16,18H2,1-2H3,(H,27,29)/t19-/m0/s1. The second kappa shape index (κ2) is 11.2. The molecule has 1 N–H and O–H groups in total. The number of hydrogen-bond acceptors (Lipinski definition) is 6. The third kappa shape index (κ3) is 5.80. The molecule has 1 heterocycles. The summed E-state index contributed by atoms with van der Waals surface area (Å²) in [6.07, 6.45) is 1.23. The third-order valence-corrected chi connectivity index (χ3v) is 8.81. The van der Waals surface area contributed by atoms with E-state index in [4.69, 9.17) is 9.47 Å². The molecule has 1 amide bonds. The predicted molar refractivity (Wildman–Crippen MR) is 137 cm³/mol. The van der Waals surface area contributed by atoms with Gasteiger partial charge in [0, 0.05) is 28.9 Å². The van der Waals surface area contributed by atoms with Crippen molar-refractivity contribution >= 4 is 33.4 Å². The first-order chi connectivity index (χ1) is 16.9. The van der Waals surface area contributed by atoms with E-state index < -0.39 is 15.9 Å². The fourth-order valence-corrected chi connectivity index (χ4v) is 6.47. The number of amides is 1. The zero-order chi connectivity index (χ0) is 24.8. The number of para-hydroxylation sites is 1. The van der Waals surface area contributed by atoms with Crippen molar-refractivity contribution in [1.29, 1.82) is 0 Å². The molecular weight excluding hydrogens is 484 g/mol. The molecule has 0 bridgehead atoms. The Bertz CT molecular complexity index is 1280. The number of carbonyl (C=O) groups is 1. The lowest BCUT2D eigenvalue weighted by atomic mass is 9.99. The summed E-state index contributed by atoms with van der Waals surface area (Å²) >= 11 is 1.57. The normalized spacial score (nSPS) is 16.5. The van der Waals surface area contributed by atoms with E-state index in [0.29, 0.717) is 36.6 Å². The number of anilines is 1. The summed E-state index contributed by atoms with van der Waals surface area (Å²) in [5, 5.41) is 3.03. The molecule has 1 aliphatic rings. The highest BCUT2D eigenvalue weighted by molar-refractivity contribution is 7.99. The number of nitrogens with zero attached hydrogens (tertiary/aromatic N) is 1. The molecular formula is C26H28N2O5S2. The minimum atomic E-state index is -3.79. The van der Waals surface area contributed by atoms with Crippen molar-refractivity contribution in [2.24, 2.45) is 5.92 Å². The zero-order valence-corrected chi connectivity index (χ0v) is 21.3. The van der Waals surface area contributed by atoms with Crippen molar-refractivity contribution in [1.82, 2.24) is 4.31 Å². The maximum absolute atomic E-state index is 13.3. The molecule has 4 rings (SSSR count). The Morgan fingerprint density at radius 3 is 2.43 bits per heavy atom. The van der Waals surface area contributed by atoms with Crippen LogP contribution in [0.25, 0.3) is 0 Å². The number of sulfonamides is 1. The smallest absolute Gasteiger partial charge is 0.243 e. The first-order valence-electron chi connectivity index (χ1n) is 11.3. The van der Waals surface area contributed by atoms with Crippen LogP contribution in [0.15, 0.2) is 87.5 Å². The van der Waals surface area contributed by atoms with E-state index >= 15 is 0 Å². The molecule has 0 aromatic heterocycles. The molecule has 35 heavy (non-hydrogen) atoms. The molecule has 0 unspecified atom stereocenters. The fourth-order valence-electron chi connectivity index (χ4n) is 4.01. The van der Waals surface area contributed by atoms with Crippen LogP contribution in [-0.2, 0) is 14.8 Å². The van der Waals surface area contributed by atoms with Gasteiger partial charge < -0.3 is 14.8 Å². The summed E-state index contributed by atoms with van der Waals surface area (Å²) in [6, 6.07) is 22.1. The van der Waals surface area contributed by atoms with E-state index in [-0.39, 0.29) is 17.3 Å². The van der Waals surface area contributed by atoms with Crippen molar-refractivity contribution in [3.8, 4) is 11.5 Å². The van der Waals surface area contributed by atoms with Gasteiger partial charge in [0.2, 0.25) is 15.9 Å². The first kappa shape index (κ1) is 25.1. The van der Waals surface area contributed by atoms with Crippen molar-refractivity contribution in [3.05, 3.63) is 72.8 Å². The van der Waals surface area contributed by atoms with Crippen LogP contribution in [0.2, 0.25) is 0 Å². The van der Waals surface area contributed by atoms with Crippen LogP contribution in [0.4, 0.5) is 5.69 Å². The summed E-state index contributed by atoms with van der Waals surface area (Å²) in [6.45, 7) is 0.484. The second-order valence-corrected chi connectivity index (χ2v) is 11.2. The van der Waals surface area contributed by atoms with E-state index in [1.807, 2.05) is 54.6 Å². The summed E-state index contributed by atoms with van der Waals surface area (Å²) < 4.78 is 38.5. The van der Waals surface area contributed by atoms with Crippen molar-refractivity contribution in [3.63, 3.8) is 0 Å². The lowest BCUT2D eigenvalue weighted by Gasteiger charge is -2.31. The molecule has 0 aliphatic carbocycles. The molecule has 1 fully saturated rings. The third-order valence-electron chi connectivity index (χ3n) is 5.86. The number of hydrogen-bond donors (Lipinski definition) is 1. The van der Waals surface area contributed by atoms with Gasteiger partial charge in [0.1, 0.15) is 0 Å². The molecule has 0 radical (unpaired) electrons. The predicted octanol–water partition coefficient (Wildman–Crippen LogP) is 4.89. The van der Waals surface area contributed by atoms with E-state index in [0.717, 1.165) is 9.79 Å². The molecule has 1 aliphatic heterocycles. The Morgan fingerprint density at radius 1 is 0.971 bits per heavy atom. The van der Waals surface area contributed by atoms with Crippen LogP contribution in [-0.4, -0.2) is 45.9 Å². The maximum atomic E-state index is 13.3. The van der Waals surface area contributed by atoms with Gasteiger partial charge in [-0.2, -0.15) is 4.31 Å². The van der Waals surface area contributed by atoms with Gasteiger partial charge in [-0.25, -0.2) is 8.42 Å². The number of benzene rings is 3. The molecule has 7 nitrogen and oxygen atoms in total.